The fraction of sp³-hybridized carbons (Fsp3) is 0.286. The predicted octanol–water partition coefficient (Wildman–Crippen LogP) is 0.965. The molecule has 2 aromatic rings. The van der Waals surface area contributed by atoms with Crippen LogP contribution in [0.4, 0.5) is 0 Å². The van der Waals surface area contributed by atoms with Crippen LogP contribution in [0.1, 0.15) is 33.9 Å². The largest absolute Gasteiger partial charge is 0.353 e. The van der Waals surface area contributed by atoms with Crippen molar-refractivity contribution in [2.75, 3.05) is 19.6 Å². The molecule has 0 spiro atoms. The van der Waals surface area contributed by atoms with Crippen LogP contribution in [0.25, 0.3) is 0 Å². The van der Waals surface area contributed by atoms with Gasteiger partial charge >= 0.3 is 0 Å². The fourth-order valence-corrected chi connectivity index (χ4v) is 3.05. The van der Waals surface area contributed by atoms with Crippen molar-refractivity contribution in [3.63, 3.8) is 0 Å². The number of nitrogens with one attached hydrogen (secondary N) is 2. The maximum atomic E-state index is 12.4. The van der Waals surface area contributed by atoms with Gasteiger partial charge in [-0.3, -0.25) is 14.4 Å². The average Bonchev–Trinajstić information content (AvgIpc) is 2.72. The summed E-state index contributed by atoms with van der Waals surface area (Å²) in [5.74, 6) is -0.442. The van der Waals surface area contributed by atoms with E-state index in [1.54, 1.807) is 24.3 Å². The lowest BCUT2D eigenvalue weighted by Gasteiger charge is -2.26. The molecule has 0 saturated carbocycles. The number of carbonyl (C=O) groups excluding carboxylic acids is 3. The van der Waals surface area contributed by atoms with Gasteiger partial charge < -0.3 is 21.3 Å². The lowest BCUT2D eigenvalue weighted by Crippen LogP contribution is -2.49. The normalized spacial score (nSPS) is 14.9. The average molecular weight is 380 g/mol. The van der Waals surface area contributed by atoms with Crippen LogP contribution >= 0.6 is 0 Å². The summed E-state index contributed by atoms with van der Waals surface area (Å²) in [5.41, 5.74) is 8.40. The molecule has 1 aliphatic heterocycles. The van der Waals surface area contributed by atoms with E-state index in [4.69, 9.17) is 5.73 Å². The van der Waals surface area contributed by atoms with Gasteiger partial charge in [0.2, 0.25) is 11.8 Å². The monoisotopic (exact) mass is 380 g/mol. The molecular weight excluding hydrogens is 356 g/mol. The fourth-order valence-electron chi connectivity index (χ4n) is 3.05. The number of rotatable bonds is 6. The Morgan fingerprint density at radius 2 is 1.82 bits per heavy atom. The smallest absolute Gasteiger partial charge is 0.254 e. The van der Waals surface area contributed by atoms with Gasteiger partial charge in [-0.2, -0.15) is 0 Å². The zero-order chi connectivity index (χ0) is 19.9. The van der Waals surface area contributed by atoms with Crippen LogP contribution in [0.5, 0.6) is 0 Å². The molecule has 1 unspecified atom stereocenters. The van der Waals surface area contributed by atoms with Crippen molar-refractivity contribution >= 4 is 17.7 Å². The zero-order valence-corrected chi connectivity index (χ0v) is 15.6. The first kappa shape index (κ1) is 19.6. The standard InChI is InChI=1S/C21H24N4O3/c22-18(16-4-2-1-3-5-16)12-19(26)24-13-15-6-8-17(9-7-15)21(28)25-11-10-23-20(27)14-25/h1-9,18H,10-14,22H2,(H,23,27)(H,24,26). The first-order valence-electron chi connectivity index (χ1n) is 9.25. The molecule has 0 radical (unpaired) electrons. The van der Waals surface area contributed by atoms with E-state index >= 15 is 0 Å². The van der Waals surface area contributed by atoms with Gasteiger partial charge in [0.25, 0.3) is 5.91 Å². The highest BCUT2D eigenvalue weighted by molar-refractivity contribution is 5.97. The number of nitrogens with zero attached hydrogens (tertiary/aromatic N) is 1. The molecule has 7 nitrogen and oxygen atoms in total. The zero-order valence-electron chi connectivity index (χ0n) is 15.6. The van der Waals surface area contributed by atoms with Crippen LogP contribution in [-0.2, 0) is 16.1 Å². The van der Waals surface area contributed by atoms with E-state index in [0.29, 0.717) is 25.2 Å². The SMILES string of the molecule is NC(CC(=O)NCc1ccc(C(=O)N2CCNC(=O)C2)cc1)c1ccccc1. The highest BCUT2D eigenvalue weighted by Crippen LogP contribution is 2.13. The first-order valence-corrected chi connectivity index (χ1v) is 9.25. The van der Waals surface area contributed by atoms with Crippen molar-refractivity contribution in [3.8, 4) is 0 Å². The van der Waals surface area contributed by atoms with E-state index in [1.165, 1.54) is 4.90 Å². The summed E-state index contributed by atoms with van der Waals surface area (Å²) in [6, 6.07) is 16.2. The lowest BCUT2D eigenvalue weighted by molar-refractivity contribution is -0.123. The lowest BCUT2D eigenvalue weighted by atomic mass is 10.0. The van der Waals surface area contributed by atoms with E-state index in [2.05, 4.69) is 10.6 Å². The number of hydrogen-bond donors (Lipinski definition) is 3. The number of carbonyl (C=O) groups is 3. The maximum Gasteiger partial charge on any atom is 0.254 e. The van der Waals surface area contributed by atoms with Gasteiger partial charge in [-0.05, 0) is 23.3 Å². The minimum Gasteiger partial charge on any atom is -0.353 e. The second-order valence-electron chi connectivity index (χ2n) is 6.77. The molecule has 0 aliphatic carbocycles. The van der Waals surface area contributed by atoms with Crippen LogP contribution < -0.4 is 16.4 Å². The Balaban J connectivity index is 1.49. The summed E-state index contributed by atoms with van der Waals surface area (Å²) in [5, 5.41) is 5.55. The molecule has 4 N–H and O–H groups in total. The third-order valence-corrected chi connectivity index (χ3v) is 4.65. The highest BCUT2D eigenvalue weighted by atomic mass is 16.2. The van der Waals surface area contributed by atoms with Gasteiger partial charge in [-0.25, -0.2) is 0 Å². The highest BCUT2D eigenvalue weighted by Gasteiger charge is 2.22. The molecule has 1 atom stereocenters. The van der Waals surface area contributed by atoms with Crippen molar-refractivity contribution in [2.24, 2.45) is 5.73 Å². The Hall–Kier alpha value is -3.19. The molecule has 3 amide bonds. The maximum absolute atomic E-state index is 12.4. The summed E-state index contributed by atoms with van der Waals surface area (Å²) >= 11 is 0. The van der Waals surface area contributed by atoms with Crippen molar-refractivity contribution in [2.45, 2.75) is 19.0 Å². The minimum absolute atomic E-state index is 0.0817. The predicted molar refractivity (Wildman–Crippen MR) is 105 cm³/mol. The summed E-state index contributed by atoms with van der Waals surface area (Å²) in [4.78, 5) is 37.5. The topological polar surface area (TPSA) is 105 Å². The molecule has 0 aromatic heterocycles. The quantitative estimate of drug-likeness (QED) is 0.694. The van der Waals surface area contributed by atoms with E-state index in [0.717, 1.165) is 11.1 Å². The van der Waals surface area contributed by atoms with Crippen LogP contribution in [-0.4, -0.2) is 42.3 Å². The molecule has 1 saturated heterocycles. The summed E-state index contributed by atoms with van der Waals surface area (Å²) < 4.78 is 0. The molecule has 1 aliphatic rings. The van der Waals surface area contributed by atoms with Gasteiger partial charge in [0.15, 0.2) is 0 Å². The second-order valence-corrected chi connectivity index (χ2v) is 6.77. The van der Waals surface area contributed by atoms with Gasteiger partial charge in [0.1, 0.15) is 0 Å². The summed E-state index contributed by atoms with van der Waals surface area (Å²) in [7, 11) is 0. The molecule has 1 heterocycles. The van der Waals surface area contributed by atoms with Crippen LogP contribution in [0.3, 0.4) is 0 Å². The van der Waals surface area contributed by atoms with Crippen molar-refractivity contribution in [1.29, 1.82) is 0 Å². The molecular formula is C21H24N4O3. The Morgan fingerprint density at radius 1 is 1.11 bits per heavy atom. The van der Waals surface area contributed by atoms with E-state index in [-0.39, 0.29) is 36.7 Å². The first-order chi connectivity index (χ1) is 13.5. The summed E-state index contributed by atoms with van der Waals surface area (Å²) in [6.45, 7) is 1.42. The molecule has 3 rings (SSSR count). The van der Waals surface area contributed by atoms with Crippen LogP contribution in [0.2, 0.25) is 0 Å². The van der Waals surface area contributed by atoms with E-state index in [9.17, 15) is 14.4 Å². The van der Waals surface area contributed by atoms with Gasteiger partial charge in [-0.1, -0.05) is 42.5 Å². The van der Waals surface area contributed by atoms with Gasteiger partial charge in [0.05, 0.1) is 6.54 Å². The Bertz CT molecular complexity index is 836. The third-order valence-electron chi connectivity index (χ3n) is 4.65. The number of hydrogen-bond acceptors (Lipinski definition) is 4. The number of amides is 3. The summed E-state index contributed by atoms with van der Waals surface area (Å²) in [6.07, 6.45) is 0.206. The Morgan fingerprint density at radius 3 is 2.50 bits per heavy atom. The van der Waals surface area contributed by atoms with Crippen molar-refractivity contribution in [3.05, 3.63) is 71.3 Å². The molecule has 1 fully saturated rings. The van der Waals surface area contributed by atoms with E-state index in [1.807, 2.05) is 30.3 Å². The van der Waals surface area contributed by atoms with Crippen molar-refractivity contribution in [1.82, 2.24) is 15.5 Å². The number of nitrogens with two attached hydrogens (primary N) is 1. The van der Waals surface area contributed by atoms with Crippen molar-refractivity contribution < 1.29 is 14.4 Å². The van der Waals surface area contributed by atoms with Crippen LogP contribution in [0, 0.1) is 0 Å². The Labute approximate surface area is 163 Å². The van der Waals surface area contributed by atoms with Gasteiger partial charge in [0, 0.05) is 37.7 Å². The molecule has 0 bridgehead atoms. The molecule has 146 valence electrons. The van der Waals surface area contributed by atoms with E-state index < -0.39 is 0 Å². The number of benzene rings is 2. The molecule has 2 aromatic carbocycles. The molecule has 7 heteroatoms. The minimum atomic E-state index is -0.344. The van der Waals surface area contributed by atoms with Crippen LogP contribution in [0.15, 0.2) is 54.6 Å². The third kappa shape index (κ3) is 5.17. The number of piperazine rings is 1. The van der Waals surface area contributed by atoms with Gasteiger partial charge in [-0.15, -0.1) is 0 Å². The molecule has 28 heavy (non-hydrogen) atoms. The second kappa shape index (κ2) is 9.14. The Kier molecular flexibility index (Phi) is 6.39.